The second kappa shape index (κ2) is 7.93. The number of carboxylic acid groups (broad SMARTS) is 1. The Hall–Kier alpha value is -2.37. The van der Waals surface area contributed by atoms with Gasteiger partial charge in [0.05, 0.1) is 0 Å². The lowest BCUT2D eigenvalue weighted by atomic mass is 10.1. The van der Waals surface area contributed by atoms with Gasteiger partial charge in [-0.15, -0.1) is 0 Å². The van der Waals surface area contributed by atoms with Crippen LogP contribution in [0.15, 0.2) is 24.3 Å². The van der Waals surface area contributed by atoms with Crippen LogP contribution in [0.4, 0.5) is 10.5 Å². The van der Waals surface area contributed by atoms with E-state index in [1.807, 2.05) is 25.1 Å². The van der Waals surface area contributed by atoms with Gasteiger partial charge in [-0.25, -0.2) is 4.79 Å². The Morgan fingerprint density at radius 3 is 2.60 bits per heavy atom. The minimum Gasteiger partial charge on any atom is -0.481 e. The Labute approximate surface area is 117 Å². The number of benzene rings is 1. The van der Waals surface area contributed by atoms with Gasteiger partial charge in [-0.05, 0) is 30.5 Å². The molecule has 1 rings (SSSR count). The van der Waals surface area contributed by atoms with Crippen LogP contribution in [-0.4, -0.2) is 23.0 Å². The molecule has 0 spiro atoms. The van der Waals surface area contributed by atoms with Crippen molar-refractivity contribution in [2.45, 2.75) is 32.6 Å². The van der Waals surface area contributed by atoms with E-state index in [1.54, 1.807) is 6.07 Å². The second-order valence-electron chi connectivity index (χ2n) is 4.30. The zero-order valence-corrected chi connectivity index (χ0v) is 11.3. The maximum absolute atomic E-state index is 11.6. The number of carboxylic acids is 1. The van der Waals surface area contributed by atoms with Crippen molar-refractivity contribution in [1.29, 1.82) is 0 Å². The van der Waals surface area contributed by atoms with Gasteiger partial charge < -0.3 is 10.4 Å². The molecule has 20 heavy (non-hydrogen) atoms. The number of hydrogen-bond acceptors (Lipinski definition) is 3. The van der Waals surface area contributed by atoms with Crippen LogP contribution in [0.3, 0.4) is 0 Å². The van der Waals surface area contributed by atoms with Crippen LogP contribution in [0.1, 0.15) is 31.7 Å². The van der Waals surface area contributed by atoms with Gasteiger partial charge in [0.2, 0.25) is 5.91 Å². The van der Waals surface area contributed by atoms with Gasteiger partial charge in [-0.3, -0.25) is 14.9 Å². The Bertz CT molecular complexity index is 500. The summed E-state index contributed by atoms with van der Waals surface area (Å²) in [5, 5.41) is 13.2. The van der Waals surface area contributed by atoms with E-state index in [9.17, 15) is 14.4 Å². The van der Waals surface area contributed by atoms with Gasteiger partial charge in [-0.1, -0.05) is 19.1 Å². The first-order valence-corrected chi connectivity index (χ1v) is 6.43. The summed E-state index contributed by atoms with van der Waals surface area (Å²) >= 11 is 0. The van der Waals surface area contributed by atoms with E-state index >= 15 is 0 Å². The molecule has 108 valence electrons. The lowest BCUT2D eigenvalue weighted by molar-refractivity contribution is -0.137. The number of urea groups is 1. The standard InChI is InChI=1S/C14H18N2O4/c1-2-10-5-3-6-11(9-10)15-14(20)16-12(17)7-4-8-13(18)19/h3,5-6,9H,2,4,7-8H2,1H3,(H,18,19)(H2,15,16,17,20). The Balaban J connectivity index is 2.38. The lowest BCUT2D eigenvalue weighted by Crippen LogP contribution is -2.34. The molecule has 0 aromatic heterocycles. The molecule has 6 heteroatoms. The number of carbonyl (C=O) groups excluding carboxylic acids is 2. The van der Waals surface area contributed by atoms with E-state index in [4.69, 9.17) is 5.11 Å². The fraction of sp³-hybridized carbons (Fsp3) is 0.357. The summed E-state index contributed by atoms with van der Waals surface area (Å²) in [5.74, 6) is -1.45. The third-order valence-electron chi connectivity index (χ3n) is 2.64. The number of carbonyl (C=O) groups is 3. The summed E-state index contributed by atoms with van der Waals surface area (Å²) in [6.45, 7) is 2.01. The van der Waals surface area contributed by atoms with Crippen LogP contribution in [0.2, 0.25) is 0 Å². The highest BCUT2D eigenvalue weighted by molar-refractivity contribution is 6.01. The first-order chi connectivity index (χ1) is 9.51. The van der Waals surface area contributed by atoms with Crippen molar-refractivity contribution < 1.29 is 19.5 Å². The average Bonchev–Trinajstić information content (AvgIpc) is 2.38. The van der Waals surface area contributed by atoms with Crippen LogP contribution in [0.5, 0.6) is 0 Å². The Morgan fingerprint density at radius 2 is 1.95 bits per heavy atom. The largest absolute Gasteiger partial charge is 0.481 e. The number of nitrogens with one attached hydrogen (secondary N) is 2. The van der Waals surface area contributed by atoms with Crippen molar-refractivity contribution in [1.82, 2.24) is 5.32 Å². The first-order valence-electron chi connectivity index (χ1n) is 6.43. The number of amides is 3. The molecule has 0 saturated carbocycles. The molecular weight excluding hydrogens is 260 g/mol. The third-order valence-corrected chi connectivity index (χ3v) is 2.64. The zero-order valence-electron chi connectivity index (χ0n) is 11.3. The molecule has 0 aliphatic carbocycles. The minimum atomic E-state index is -0.960. The topological polar surface area (TPSA) is 95.5 Å². The third kappa shape index (κ3) is 5.99. The summed E-state index contributed by atoms with van der Waals surface area (Å²) in [6, 6.07) is 6.71. The maximum atomic E-state index is 11.6. The minimum absolute atomic E-state index is 0.00865. The first kappa shape index (κ1) is 15.7. The lowest BCUT2D eigenvalue weighted by Gasteiger charge is -2.07. The van der Waals surface area contributed by atoms with Crippen molar-refractivity contribution in [2.75, 3.05) is 5.32 Å². The molecule has 3 amide bonds. The van der Waals surface area contributed by atoms with E-state index in [0.29, 0.717) is 5.69 Å². The molecule has 0 fully saturated rings. The second-order valence-corrected chi connectivity index (χ2v) is 4.30. The van der Waals surface area contributed by atoms with Crippen LogP contribution in [0.25, 0.3) is 0 Å². The van der Waals surface area contributed by atoms with E-state index in [2.05, 4.69) is 10.6 Å². The summed E-state index contributed by atoms with van der Waals surface area (Å²) in [7, 11) is 0. The molecule has 0 saturated heterocycles. The van der Waals surface area contributed by atoms with Gasteiger partial charge in [0.1, 0.15) is 0 Å². The highest BCUT2D eigenvalue weighted by Crippen LogP contribution is 2.10. The number of hydrogen-bond donors (Lipinski definition) is 3. The van der Waals surface area contributed by atoms with Crippen LogP contribution in [0, 0.1) is 0 Å². The maximum Gasteiger partial charge on any atom is 0.325 e. The molecule has 3 N–H and O–H groups in total. The normalized spacial score (nSPS) is 9.85. The van der Waals surface area contributed by atoms with Crippen molar-refractivity contribution in [2.24, 2.45) is 0 Å². The molecular formula is C14H18N2O4. The molecule has 0 bridgehead atoms. The van der Waals surface area contributed by atoms with Gasteiger partial charge in [-0.2, -0.15) is 0 Å². The van der Waals surface area contributed by atoms with Crippen molar-refractivity contribution >= 4 is 23.6 Å². The summed E-state index contributed by atoms with van der Waals surface area (Å²) in [5.41, 5.74) is 1.69. The van der Waals surface area contributed by atoms with E-state index in [0.717, 1.165) is 12.0 Å². The molecule has 0 atom stereocenters. The van der Waals surface area contributed by atoms with Crippen molar-refractivity contribution in [3.8, 4) is 0 Å². The van der Waals surface area contributed by atoms with E-state index < -0.39 is 17.9 Å². The number of imide groups is 1. The summed E-state index contributed by atoms with van der Waals surface area (Å²) in [4.78, 5) is 33.2. The number of aryl methyl sites for hydroxylation is 1. The summed E-state index contributed by atoms with van der Waals surface area (Å²) in [6.07, 6.45) is 0.979. The molecule has 1 aromatic carbocycles. The predicted molar refractivity (Wildman–Crippen MR) is 74.5 cm³/mol. The molecule has 0 aliphatic rings. The highest BCUT2D eigenvalue weighted by atomic mass is 16.4. The van der Waals surface area contributed by atoms with Crippen molar-refractivity contribution in [3.63, 3.8) is 0 Å². The van der Waals surface area contributed by atoms with Gasteiger partial charge in [0, 0.05) is 18.5 Å². The zero-order chi connectivity index (χ0) is 15.0. The van der Waals surface area contributed by atoms with Gasteiger partial charge in [0.15, 0.2) is 0 Å². The highest BCUT2D eigenvalue weighted by Gasteiger charge is 2.08. The Kier molecular flexibility index (Phi) is 6.22. The number of rotatable bonds is 6. The fourth-order valence-corrected chi connectivity index (χ4v) is 1.62. The molecule has 6 nitrogen and oxygen atoms in total. The predicted octanol–water partition coefficient (Wildman–Crippen LogP) is 2.15. The van der Waals surface area contributed by atoms with E-state index in [-0.39, 0.29) is 19.3 Å². The molecule has 0 radical (unpaired) electrons. The molecule has 0 aliphatic heterocycles. The smallest absolute Gasteiger partial charge is 0.325 e. The molecule has 0 unspecified atom stereocenters. The molecule has 0 heterocycles. The monoisotopic (exact) mass is 278 g/mol. The van der Waals surface area contributed by atoms with Crippen LogP contribution >= 0.6 is 0 Å². The van der Waals surface area contributed by atoms with Crippen LogP contribution < -0.4 is 10.6 Å². The average molecular weight is 278 g/mol. The van der Waals surface area contributed by atoms with Crippen molar-refractivity contribution in [3.05, 3.63) is 29.8 Å². The quantitative estimate of drug-likeness (QED) is 0.743. The fourth-order valence-electron chi connectivity index (χ4n) is 1.62. The van der Waals surface area contributed by atoms with Gasteiger partial charge >= 0.3 is 12.0 Å². The van der Waals surface area contributed by atoms with Crippen LogP contribution in [-0.2, 0) is 16.0 Å². The van der Waals surface area contributed by atoms with Gasteiger partial charge in [0.25, 0.3) is 0 Å². The van der Waals surface area contributed by atoms with E-state index in [1.165, 1.54) is 0 Å². The SMILES string of the molecule is CCc1cccc(NC(=O)NC(=O)CCCC(=O)O)c1. The number of anilines is 1. The molecule has 1 aromatic rings. The summed E-state index contributed by atoms with van der Waals surface area (Å²) < 4.78 is 0. The Morgan fingerprint density at radius 1 is 1.20 bits per heavy atom. The number of aliphatic carboxylic acids is 1.